The van der Waals surface area contributed by atoms with Gasteiger partial charge in [-0.1, -0.05) is 0 Å². The van der Waals surface area contributed by atoms with Crippen molar-refractivity contribution in [3.8, 4) is 6.01 Å². The molecular weight excluding hydrogens is 204 g/mol. The standard InChI is InChI=1S/C11H14N4O/c1-8-4-13-15(6-8)11-14-10(7-16-11)5-12-9-2-3-9/h4,6-7,9,12H,2-3,5H2,1H3. The van der Waals surface area contributed by atoms with Crippen LogP contribution in [0.15, 0.2) is 23.1 Å². The summed E-state index contributed by atoms with van der Waals surface area (Å²) in [6.45, 7) is 2.76. The van der Waals surface area contributed by atoms with Gasteiger partial charge < -0.3 is 9.73 Å². The molecule has 0 unspecified atom stereocenters. The Balaban J connectivity index is 1.71. The van der Waals surface area contributed by atoms with Crippen LogP contribution < -0.4 is 5.32 Å². The highest BCUT2D eigenvalue weighted by Crippen LogP contribution is 2.19. The average molecular weight is 218 g/mol. The zero-order valence-electron chi connectivity index (χ0n) is 9.18. The lowest BCUT2D eigenvalue weighted by molar-refractivity contribution is 0.509. The van der Waals surface area contributed by atoms with E-state index < -0.39 is 0 Å². The molecule has 5 nitrogen and oxygen atoms in total. The zero-order valence-corrected chi connectivity index (χ0v) is 9.18. The van der Waals surface area contributed by atoms with Crippen molar-refractivity contribution < 1.29 is 4.42 Å². The number of nitrogens with one attached hydrogen (secondary N) is 1. The van der Waals surface area contributed by atoms with Gasteiger partial charge in [0.05, 0.1) is 11.9 Å². The molecule has 16 heavy (non-hydrogen) atoms. The molecule has 0 aromatic carbocycles. The van der Waals surface area contributed by atoms with Gasteiger partial charge in [0.25, 0.3) is 0 Å². The first-order valence-corrected chi connectivity index (χ1v) is 5.51. The Kier molecular flexibility index (Phi) is 2.25. The second-order valence-electron chi connectivity index (χ2n) is 4.24. The highest BCUT2D eigenvalue weighted by molar-refractivity contribution is 5.12. The number of hydrogen-bond donors (Lipinski definition) is 1. The Morgan fingerprint density at radius 3 is 3.12 bits per heavy atom. The molecule has 1 aliphatic carbocycles. The highest BCUT2D eigenvalue weighted by Gasteiger charge is 2.20. The Morgan fingerprint density at radius 2 is 2.44 bits per heavy atom. The third-order valence-corrected chi connectivity index (χ3v) is 2.60. The summed E-state index contributed by atoms with van der Waals surface area (Å²) in [5, 5.41) is 7.54. The normalized spacial score (nSPS) is 15.6. The molecular formula is C11H14N4O. The highest BCUT2D eigenvalue weighted by atomic mass is 16.4. The van der Waals surface area contributed by atoms with Crippen LogP contribution in [0.25, 0.3) is 6.01 Å². The molecule has 0 aliphatic heterocycles. The lowest BCUT2D eigenvalue weighted by Crippen LogP contribution is -2.15. The van der Waals surface area contributed by atoms with Crippen LogP contribution >= 0.6 is 0 Å². The second-order valence-corrected chi connectivity index (χ2v) is 4.24. The van der Waals surface area contributed by atoms with Crippen LogP contribution in [0.5, 0.6) is 0 Å². The molecule has 0 bridgehead atoms. The average Bonchev–Trinajstić information content (AvgIpc) is 2.81. The molecule has 0 atom stereocenters. The van der Waals surface area contributed by atoms with Gasteiger partial charge in [0.1, 0.15) is 6.26 Å². The van der Waals surface area contributed by atoms with Gasteiger partial charge in [0.2, 0.25) is 0 Å². The van der Waals surface area contributed by atoms with Gasteiger partial charge in [-0.05, 0) is 25.3 Å². The maximum Gasteiger partial charge on any atom is 0.322 e. The Hall–Kier alpha value is -1.62. The number of nitrogens with zero attached hydrogens (tertiary/aromatic N) is 3. The third kappa shape index (κ3) is 1.99. The van der Waals surface area contributed by atoms with Crippen LogP contribution in [0.2, 0.25) is 0 Å². The van der Waals surface area contributed by atoms with Gasteiger partial charge in [-0.3, -0.25) is 0 Å². The largest absolute Gasteiger partial charge is 0.430 e. The van der Waals surface area contributed by atoms with Crippen molar-refractivity contribution in [2.24, 2.45) is 0 Å². The molecule has 0 amide bonds. The van der Waals surface area contributed by atoms with E-state index in [9.17, 15) is 0 Å². The molecule has 84 valence electrons. The van der Waals surface area contributed by atoms with E-state index in [1.807, 2.05) is 13.1 Å². The molecule has 1 aliphatic rings. The van der Waals surface area contributed by atoms with Gasteiger partial charge in [-0.25, -0.2) is 0 Å². The molecule has 0 saturated heterocycles. The van der Waals surface area contributed by atoms with Gasteiger partial charge in [-0.15, -0.1) is 0 Å². The predicted octanol–water partition coefficient (Wildman–Crippen LogP) is 1.42. The van der Waals surface area contributed by atoms with Crippen LogP contribution in [-0.4, -0.2) is 20.8 Å². The maximum atomic E-state index is 5.37. The first-order chi connectivity index (χ1) is 7.81. The monoisotopic (exact) mass is 218 g/mol. The van der Waals surface area contributed by atoms with Crippen molar-refractivity contribution in [1.29, 1.82) is 0 Å². The quantitative estimate of drug-likeness (QED) is 0.843. The third-order valence-electron chi connectivity index (χ3n) is 2.60. The van der Waals surface area contributed by atoms with E-state index in [1.54, 1.807) is 17.1 Å². The van der Waals surface area contributed by atoms with E-state index in [1.165, 1.54) is 12.8 Å². The first kappa shape index (κ1) is 9.59. The summed E-state index contributed by atoms with van der Waals surface area (Å²) >= 11 is 0. The molecule has 5 heteroatoms. The van der Waals surface area contributed by atoms with E-state index in [4.69, 9.17) is 4.42 Å². The topological polar surface area (TPSA) is 55.9 Å². The van der Waals surface area contributed by atoms with Gasteiger partial charge in [0.15, 0.2) is 0 Å². The summed E-state index contributed by atoms with van der Waals surface area (Å²) in [6.07, 6.45) is 7.92. The van der Waals surface area contributed by atoms with Crippen molar-refractivity contribution in [3.63, 3.8) is 0 Å². The molecule has 2 heterocycles. The SMILES string of the molecule is Cc1cnn(-c2nc(CNC3CC3)co2)c1. The van der Waals surface area contributed by atoms with E-state index in [0.717, 1.165) is 17.8 Å². The minimum atomic E-state index is 0.528. The fourth-order valence-corrected chi connectivity index (χ4v) is 1.54. The lowest BCUT2D eigenvalue weighted by atomic mass is 10.4. The van der Waals surface area contributed by atoms with Crippen molar-refractivity contribution in [2.45, 2.75) is 32.4 Å². The molecule has 1 fully saturated rings. The summed E-state index contributed by atoms with van der Waals surface area (Å²) in [5.41, 5.74) is 2.02. The summed E-state index contributed by atoms with van der Waals surface area (Å²) in [6, 6.07) is 1.22. The van der Waals surface area contributed by atoms with Crippen LogP contribution in [0.4, 0.5) is 0 Å². The molecule has 2 aromatic heterocycles. The van der Waals surface area contributed by atoms with E-state index in [0.29, 0.717) is 12.1 Å². The van der Waals surface area contributed by atoms with Crippen LogP contribution in [-0.2, 0) is 6.54 Å². The number of aromatic nitrogens is 3. The molecule has 3 rings (SSSR count). The summed E-state index contributed by atoms with van der Waals surface area (Å²) in [5.74, 6) is 0. The Labute approximate surface area is 93.5 Å². The van der Waals surface area contributed by atoms with Crippen LogP contribution in [0, 0.1) is 6.92 Å². The molecule has 1 saturated carbocycles. The van der Waals surface area contributed by atoms with Crippen LogP contribution in [0.3, 0.4) is 0 Å². The molecule has 1 N–H and O–H groups in total. The lowest BCUT2D eigenvalue weighted by Gasteiger charge is -1.96. The molecule has 0 spiro atoms. The summed E-state index contributed by atoms with van der Waals surface area (Å²) in [4.78, 5) is 4.36. The fraction of sp³-hybridized carbons (Fsp3) is 0.455. The summed E-state index contributed by atoms with van der Waals surface area (Å²) in [7, 11) is 0. The van der Waals surface area contributed by atoms with E-state index in [-0.39, 0.29) is 0 Å². The molecule has 2 aromatic rings. The van der Waals surface area contributed by atoms with E-state index >= 15 is 0 Å². The maximum absolute atomic E-state index is 5.37. The van der Waals surface area contributed by atoms with Crippen molar-refractivity contribution in [1.82, 2.24) is 20.1 Å². The van der Waals surface area contributed by atoms with E-state index in [2.05, 4.69) is 15.4 Å². The zero-order chi connectivity index (χ0) is 11.0. The number of hydrogen-bond acceptors (Lipinski definition) is 4. The Morgan fingerprint density at radius 1 is 1.56 bits per heavy atom. The summed E-state index contributed by atoms with van der Waals surface area (Å²) < 4.78 is 7.01. The minimum absolute atomic E-state index is 0.528. The van der Waals surface area contributed by atoms with Gasteiger partial charge in [-0.2, -0.15) is 14.8 Å². The first-order valence-electron chi connectivity index (χ1n) is 5.51. The fourth-order valence-electron chi connectivity index (χ4n) is 1.54. The van der Waals surface area contributed by atoms with Gasteiger partial charge in [0, 0.05) is 18.8 Å². The number of rotatable bonds is 4. The second kappa shape index (κ2) is 3.75. The predicted molar refractivity (Wildman–Crippen MR) is 58.2 cm³/mol. The minimum Gasteiger partial charge on any atom is -0.430 e. The van der Waals surface area contributed by atoms with Crippen LogP contribution in [0.1, 0.15) is 24.1 Å². The van der Waals surface area contributed by atoms with Crippen molar-refractivity contribution in [2.75, 3.05) is 0 Å². The van der Waals surface area contributed by atoms with Crippen molar-refractivity contribution in [3.05, 3.63) is 29.9 Å². The number of aryl methyl sites for hydroxylation is 1. The van der Waals surface area contributed by atoms with Crippen molar-refractivity contribution >= 4 is 0 Å². The number of oxazole rings is 1. The van der Waals surface area contributed by atoms with Gasteiger partial charge >= 0.3 is 6.01 Å². The molecule has 0 radical (unpaired) electrons. The smallest absolute Gasteiger partial charge is 0.322 e. The Bertz CT molecular complexity index is 484.